The number of rotatable bonds is 5. The van der Waals surface area contributed by atoms with Crippen LogP contribution in [-0.2, 0) is 11.2 Å². The molecule has 0 aliphatic carbocycles. The molecule has 0 fully saturated rings. The van der Waals surface area contributed by atoms with Gasteiger partial charge >= 0.3 is 0 Å². The number of nitriles is 1. The number of hydrogen-bond donors (Lipinski definition) is 0. The summed E-state index contributed by atoms with van der Waals surface area (Å²) in [5, 5.41) is 8.90. The van der Waals surface area contributed by atoms with Crippen LogP contribution in [0.25, 0.3) is 0 Å². The van der Waals surface area contributed by atoms with Gasteiger partial charge in [-0.1, -0.05) is 13.3 Å². The fourth-order valence-corrected chi connectivity index (χ4v) is 2.29. The molecule has 0 amide bonds. The molecule has 0 aromatic heterocycles. The summed E-state index contributed by atoms with van der Waals surface area (Å²) in [5.41, 5.74) is 1.75. The maximum Gasteiger partial charge on any atom is 0.188 e. The first kappa shape index (κ1) is 13.3. The van der Waals surface area contributed by atoms with Crippen LogP contribution >= 0.6 is 22.6 Å². The Morgan fingerprint density at radius 2 is 2.19 bits per heavy atom. The van der Waals surface area contributed by atoms with Gasteiger partial charge in [0.2, 0.25) is 0 Å². The SMILES string of the molecule is CCCc1cc(C#N)cc(I)c1OCOC. The van der Waals surface area contributed by atoms with Crippen molar-refractivity contribution in [2.45, 2.75) is 19.8 Å². The first-order valence-corrected chi connectivity index (χ1v) is 6.15. The van der Waals surface area contributed by atoms with Gasteiger partial charge in [-0.15, -0.1) is 0 Å². The molecule has 0 bridgehead atoms. The third-order valence-electron chi connectivity index (χ3n) is 2.09. The lowest BCUT2D eigenvalue weighted by Gasteiger charge is -2.12. The van der Waals surface area contributed by atoms with Crippen molar-refractivity contribution in [2.24, 2.45) is 0 Å². The normalized spacial score (nSPS) is 9.88. The largest absolute Gasteiger partial charge is 0.466 e. The molecule has 0 unspecified atom stereocenters. The lowest BCUT2D eigenvalue weighted by atomic mass is 10.1. The van der Waals surface area contributed by atoms with Crippen LogP contribution in [0.15, 0.2) is 12.1 Å². The van der Waals surface area contributed by atoms with E-state index in [-0.39, 0.29) is 6.79 Å². The van der Waals surface area contributed by atoms with E-state index in [2.05, 4.69) is 35.6 Å². The Balaban J connectivity index is 3.07. The first-order chi connectivity index (χ1) is 7.72. The maximum atomic E-state index is 8.90. The highest BCUT2D eigenvalue weighted by Crippen LogP contribution is 2.28. The number of nitrogens with zero attached hydrogens (tertiary/aromatic N) is 1. The van der Waals surface area contributed by atoms with Crippen molar-refractivity contribution in [3.05, 3.63) is 26.8 Å². The van der Waals surface area contributed by atoms with Gasteiger partial charge in [-0.2, -0.15) is 5.26 Å². The third kappa shape index (κ3) is 3.35. The summed E-state index contributed by atoms with van der Waals surface area (Å²) in [6.07, 6.45) is 1.93. The van der Waals surface area contributed by atoms with E-state index in [1.54, 1.807) is 7.11 Å². The van der Waals surface area contributed by atoms with E-state index < -0.39 is 0 Å². The molecular formula is C12H14INO2. The van der Waals surface area contributed by atoms with Gasteiger partial charge in [0.1, 0.15) is 5.75 Å². The van der Waals surface area contributed by atoms with E-state index in [0.29, 0.717) is 5.56 Å². The fourth-order valence-electron chi connectivity index (χ4n) is 1.45. The van der Waals surface area contributed by atoms with E-state index in [1.165, 1.54) is 0 Å². The van der Waals surface area contributed by atoms with Crippen LogP contribution in [0.4, 0.5) is 0 Å². The second-order valence-electron chi connectivity index (χ2n) is 3.36. The summed E-state index contributed by atoms with van der Waals surface area (Å²) in [6.45, 7) is 2.34. The minimum Gasteiger partial charge on any atom is -0.466 e. The van der Waals surface area contributed by atoms with Crippen molar-refractivity contribution in [2.75, 3.05) is 13.9 Å². The molecule has 0 saturated heterocycles. The van der Waals surface area contributed by atoms with Gasteiger partial charge in [0, 0.05) is 7.11 Å². The number of benzene rings is 1. The van der Waals surface area contributed by atoms with E-state index in [1.807, 2.05) is 12.1 Å². The molecule has 0 spiro atoms. The Morgan fingerprint density at radius 3 is 2.75 bits per heavy atom. The predicted octanol–water partition coefficient (Wildman–Crippen LogP) is 3.10. The highest BCUT2D eigenvalue weighted by molar-refractivity contribution is 14.1. The van der Waals surface area contributed by atoms with Crippen LogP contribution in [0.1, 0.15) is 24.5 Å². The Labute approximate surface area is 110 Å². The number of hydrogen-bond acceptors (Lipinski definition) is 3. The average molecular weight is 331 g/mol. The van der Waals surface area contributed by atoms with Crippen LogP contribution in [0.5, 0.6) is 5.75 Å². The Morgan fingerprint density at radius 1 is 1.44 bits per heavy atom. The summed E-state index contributed by atoms with van der Waals surface area (Å²) in [6, 6.07) is 5.87. The Bertz CT molecular complexity index is 399. The quantitative estimate of drug-likeness (QED) is 0.615. The van der Waals surface area contributed by atoms with Gasteiger partial charge in [0.05, 0.1) is 15.2 Å². The molecule has 0 heterocycles. The van der Waals surface area contributed by atoms with E-state index in [4.69, 9.17) is 14.7 Å². The molecule has 0 saturated carbocycles. The van der Waals surface area contributed by atoms with Crippen molar-refractivity contribution in [3.8, 4) is 11.8 Å². The summed E-state index contributed by atoms with van der Waals surface area (Å²) in [4.78, 5) is 0. The second-order valence-corrected chi connectivity index (χ2v) is 4.52. The van der Waals surface area contributed by atoms with Gasteiger partial charge in [-0.3, -0.25) is 0 Å². The molecule has 0 atom stereocenters. The van der Waals surface area contributed by atoms with Crippen LogP contribution in [-0.4, -0.2) is 13.9 Å². The monoisotopic (exact) mass is 331 g/mol. The van der Waals surface area contributed by atoms with Gasteiger partial charge < -0.3 is 9.47 Å². The molecule has 1 aromatic rings. The molecule has 1 aromatic carbocycles. The van der Waals surface area contributed by atoms with Gasteiger partial charge in [-0.25, -0.2) is 0 Å². The van der Waals surface area contributed by atoms with Crippen LogP contribution in [0, 0.1) is 14.9 Å². The van der Waals surface area contributed by atoms with E-state index in [0.717, 1.165) is 27.7 Å². The summed E-state index contributed by atoms with van der Waals surface area (Å²) < 4.78 is 11.4. The zero-order valence-corrected chi connectivity index (χ0v) is 11.6. The molecule has 0 N–H and O–H groups in total. The fraction of sp³-hybridized carbons (Fsp3) is 0.417. The van der Waals surface area contributed by atoms with Gasteiger partial charge in [0.25, 0.3) is 0 Å². The average Bonchev–Trinajstić information content (AvgIpc) is 2.28. The molecule has 4 heteroatoms. The third-order valence-corrected chi connectivity index (χ3v) is 2.89. The molecular weight excluding hydrogens is 317 g/mol. The molecule has 16 heavy (non-hydrogen) atoms. The highest BCUT2D eigenvalue weighted by Gasteiger charge is 2.10. The summed E-state index contributed by atoms with van der Waals surface area (Å²) in [7, 11) is 1.59. The van der Waals surface area contributed by atoms with Gasteiger partial charge in [0.15, 0.2) is 6.79 Å². The zero-order chi connectivity index (χ0) is 12.0. The maximum absolute atomic E-state index is 8.90. The predicted molar refractivity (Wildman–Crippen MR) is 70.4 cm³/mol. The number of ether oxygens (including phenoxy) is 2. The summed E-state index contributed by atoms with van der Waals surface area (Å²) >= 11 is 2.18. The molecule has 0 aliphatic rings. The van der Waals surface area contributed by atoms with Crippen LogP contribution < -0.4 is 4.74 Å². The molecule has 3 nitrogen and oxygen atoms in total. The number of aryl methyl sites for hydroxylation is 1. The molecule has 1 rings (SSSR count). The number of halogens is 1. The smallest absolute Gasteiger partial charge is 0.188 e. The van der Waals surface area contributed by atoms with Crippen molar-refractivity contribution in [1.82, 2.24) is 0 Å². The van der Waals surface area contributed by atoms with Crippen molar-refractivity contribution in [3.63, 3.8) is 0 Å². The Kier molecular flexibility index (Phi) is 5.56. The lowest BCUT2D eigenvalue weighted by molar-refractivity contribution is 0.0498. The van der Waals surface area contributed by atoms with Crippen LogP contribution in [0.3, 0.4) is 0 Å². The molecule has 0 aliphatic heterocycles. The topological polar surface area (TPSA) is 42.2 Å². The molecule has 0 radical (unpaired) electrons. The standard InChI is InChI=1S/C12H14INO2/c1-3-4-10-5-9(7-14)6-11(13)12(10)16-8-15-2/h5-6H,3-4,8H2,1-2H3. The minimum atomic E-state index is 0.235. The highest BCUT2D eigenvalue weighted by atomic mass is 127. The van der Waals surface area contributed by atoms with Gasteiger partial charge in [-0.05, 0) is 46.7 Å². The van der Waals surface area contributed by atoms with E-state index in [9.17, 15) is 0 Å². The lowest BCUT2D eigenvalue weighted by Crippen LogP contribution is -2.04. The van der Waals surface area contributed by atoms with Crippen molar-refractivity contribution < 1.29 is 9.47 Å². The minimum absolute atomic E-state index is 0.235. The first-order valence-electron chi connectivity index (χ1n) is 5.07. The summed E-state index contributed by atoms with van der Waals surface area (Å²) in [5.74, 6) is 0.836. The van der Waals surface area contributed by atoms with E-state index >= 15 is 0 Å². The second kappa shape index (κ2) is 6.71. The Hall–Kier alpha value is -0.800. The van der Waals surface area contributed by atoms with Crippen molar-refractivity contribution >= 4 is 22.6 Å². The number of methoxy groups -OCH3 is 1. The van der Waals surface area contributed by atoms with Crippen LogP contribution in [0.2, 0.25) is 0 Å². The molecule has 86 valence electrons. The van der Waals surface area contributed by atoms with Crippen molar-refractivity contribution in [1.29, 1.82) is 5.26 Å². The zero-order valence-electron chi connectivity index (χ0n) is 9.42.